The highest BCUT2D eigenvalue weighted by Gasteiger charge is 2.19. The molecule has 1 unspecified atom stereocenters. The Balaban J connectivity index is 1.86. The first-order valence-corrected chi connectivity index (χ1v) is 7.33. The molecule has 0 saturated carbocycles. The summed E-state index contributed by atoms with van der Waals surface area (Å²) in [5.74, 6) is 0.183. The van der Waals surface area contributed by atoms with E-state index in [0.29, 0.717) is 13.0 Å². The molecule has 20 heavy (non-hydrogen) atoms. The molecular formula is C15H25N3O2. The van der Waals surface area contributed by atoms with E-state index in [2.05, 4.69) is 5.10 Å². The molecule has 1 aliphatic rings. The van der Waals surface area contributed by atoms with Gasteiger partial charge in [-0.25, -0.2) is 0 Å². The summed E-state index contributed by atoms with van der Waals surface area (Å²) in [6, 6.07) is 0. The number of carbonyl (C=O) groups is 1. The topological polar surface area (TPSA) is 47.4 Å². The summed E-state index contributed by atoms with van der Waals surface area (Å²) in [5, 5.41) is 4.39. The van der Waals surface area contributed by atoms with Gasteiger partial charge in [-0.3, -0.25) is 9.48 Å². The van der Waals surface area contributed by atoms with Crippen LogP contribution in [0.3, 0.4) is 0 Å². The molecule has 5 nitrogen and oxygen atoms in total. The summed E-state index contributed by atoms with van der Waals surface area (Å²) in [6.07, 6.45) is 3.92. The van der Waals surface area contributed by atoms with Gasteiger partial charge in [-0.15, -0.1) is 0 Å². The first-order valence-electron chi connectivity index (χ1n) is 7.33. The molecule has 1 saturated heterocycles. The number of nitrogens with zero attached hydrogens (tertiary/aromatic N) is 3. The fourth-order valence-corrected chi connectivity index (χ4v) is 2.72. The first kappa shape index (κ1) is 15.0. The first-order chi connectivity index (χ1) is 9.49. The third-order valence-corrected chi connectivity index (χ3v) is 4.18. The maximum absolute atomic E-state index is 12.2. The van der Waals surface area contributed by atoms with E-state index < -0.39 is 0 Å². The zero-order chi connectivity index (χ0) is 14.7. The number of hydrogen-bond acceptors (Lipinski definition) is 3. The molecule has 0 aromatic carbocycles. The minimum Gasteiger partial charge on any atom is -0.378 e. The Hall–Kier alpha value is -1.36. The van der Waals surface area contributed by atoms with Gasteiger partial charge in [-0.2, -0.15) is 5.10 Å². The van der Waals surface area contributed by atoms with Gasteiger partial charge in [0, 0.05) is 44.9 Å². The van der Waals surface area contributed by atoms with E-state index in [0.717, 1.165) is 42.8 Å². The Labute approximate surface area is 120 Å². The van der Waals surface area contributed by atoms with E-state index in [4.69, 9.17) is 4.74 Å². The molecule has 0 spiro atoms. The van der Waals surface area contributed by atoms with Crippen molar-refractivity contribution in [2.75, 3.05) is 13.7 Å². The average molecular weight is 279 g/mol. The SMILES string of the molecule is Cc1nn(C)c(C)c1CN(C)C(=O)CCC1CCCO1. The molecule has 1 aromatic rings. The Morgan fingerprint density at radius 1 is 1.50 bits per heavy atom. The van der Waals surface area contributed by atoms with Crippen LogP contribution < -0.4 is 0 Å². The van der Waals surface area contributed by atoms with Crippen molar-refractivity contribution >= 4 is 5.91 Å². The number of aromatic nitrogens is 2. The van der Waals surface area contributed by atoms with Crippen molar-refractivity contribution in [2.45, 2.75) is 52.2 Å². The van der Waals surface area contributed by atoms with Crippen molar-refractivity contribution in [3.63, 3.8) is 0 Å². The summed E-state index contributed by atoms with van der Waals surface area (Å²) in [6.45, 7) is 5.52. The maximum atomic E-state index is 12.2. The second kappa shape index (κ2) is 6.39. The zero-order valence-electron chi connectivity index (χ0n) is 13.0. The highest BCUT2D eigenvalue weighted by Crippen LogP contribution is 2.18. The third kappa shape index (κ3) is 3.39. The highest BCUT2D eigenvalue weighted by atomic mass is 16.5. The van der Waals surface area contributed by atoms with E-state index in [9.17, 15) is 4.79 Å². The van der Waals surface area contributed by atoms with Crippen molar-refractivity contribution in [2.24, 2.45) is 7.05 Å². The van der Waals surface area contributed by atoms with E-state index in [1.165, 1.54) is 0 Å². The van der Waals surface area contributed by atoms with Crippen LogP contribution in [0.1, 0.15) is 42.6 Å². The van der Waals surface area contributed by atoms with Gasteiger partial charge < -0.3 is 9.64 Å². The second-order valence-electron chi connectivity index (χ2n) is 5.70. The molecule has 1 atom stereocenters. The largest absolute Gasteiger partial charge is 0.378 e. The number of carbonyl (C=O) groups excluding carboxylic acids is 1. The van der Waals surface area contributed by atoms with Gasteiger partial charge >= 0.3 is 0 Å². The molecule has 5 heteroatoms. The molecule has 1 aromatic heterocycles. The van der Waals surface area contributed by atoms with Crippen molar-refractivity contribution < 1.29 is 9.53 Å². The number of amides is 1. The second-order valence-corrected chi connectivity index (χ2v) is 5.70. The molecule has 0 radical (unpaired) electrons. The van der Waals surface area contributed by atoms with Crippen LogP contribution in [-0.4, -0.2) is 40.3 Å². The molecular weight excluding hydrogens is 254 g/mol. The Morgan fingerprint density at radius 3 is 2.80 bits per heavy atom. The van der Waals surface area contributed by atoms with Crippen molar-refractivity contribution in [3.8, 4) is 0 Å². The quantitative estimate of drug-likeness (QED) is 0.827. The summed E-state index contributed by atoms with van der Waals surface area (Å²) >= 11 is 0. The lowest BCUT2D eigenvalue weighted by atomic mass is 10.1. The lowest BCUT2D eigenvalue weighted by molar-refractivity contribution is -0.131. The Kier molecular flexibility index (Phi) is 4.81. The van der Waals surface area contributed by atoms with Crippen molar-refractivity contribution in [1.29, 1.82) is 0 Å². The molecule has 1 fully saturated rings. The molecule has 112 valence electrons. The molecule has 2 heterocycles. The van der Waals surface area contributed by atoms with Crippen LogP contribution in [0.2, 0.25) is 0 Å². The minimum atomic E-state index is 0.183. The predicted molar refractivity (Wildman–Crippen MR) is 77.4 cm³/mol. The van der Waals surface area contributed by atoms with Gasteiger partial charge in [0.05, 0.1) is 11.8 Å². The lowest BCUT2D eigenvalue weighted by Gasteiger charge is -2.18. The van der Waals surface area contributed by atoms with Crippen LogP contribution in [0.5, 0.6) is 0 Å². The maximum Gasteiger partial charge on any atom is 0.222 e. The summed E-state index contributed by atoms with van der Waals surface area (Å²) in [7, 11) is 3.80. The smallest absolute Gasteiger partial charge is 0.222 e. The number of ether oxygens (including phenoxy) is 1. The van der Waals surface area contributed by atoms with Crippen molar-refractivity contribution in [1.82, 2.24) is 14.7 Å². The van der Waals surface area contributed by atoms with Crippen LogP contribution in [-0.2, 0) is 23.1 Å². The van der Waals surface area contributed by atoms with Crippen LogP contribution >= 0.6 is 0 Å². The zero-order valence-corrected chi connectivity index (χ0v) is 13.0. The molecule has 0 N–H and O–H groups in total. The number of hydrogen-bond donors (Lipinski definition) is 0. The Morgan fingerprint density at radius 2 is 2.25 bits per heavy atom. The standard InChI is InChI=1S/C15H25N3O2/c1-11-14(12(2)18(4)16-11)10-17(3)15(19)8-7-13-6-5-9-20-13/h13H,5-10H2,1-4H3. The van der Waals surface area contributed by atoms with Crippen LogP contribution in [0.4, 0.5) is 0 Å². The molecule has 0 bridgehead atoms. The monoisotopic (exact) mass is 279 g/mol. The number of aryl methyl sites for hydroxylation is 2. The van der Waals surface area contributed by atoms with Crippen LogP contribution in [0.25, 0.3) is 0 Å². The third-order valence-electron chi connectivity index (χ3n) is 4.18. The van der Waals surface area contributed by atoms with Crippen LogP contribution in [0.15, 0.2) is 0 Å². The highest BCUT2D eigenvalue weighted by molar-refractivity contribution is 5.75. The van der Waals surface area contributed by atoms with Gasteiger partial charge in [0.1, 0.15) is 0 Å². The average Bonchev–Trinajstić information content (AvgIpc) is 3.00. The molecule has 2 rings (SSSR count). The van der Waals surface area contributed by atoms with E-state index in [1.807, 2.05) is 32.6 Å². The number of rotatable bonds is 5. The summed E-state index contributed by atoms with van der Waals surface area (Å²) < 4.78 is 7.43. The minimum absolute atomic E-state index is 0.183. The normalized spacial score (nSPS) is 18.5. The Bertz CT molecular complexity index is 476. The fraction of sp³-hybridized carbons (Fsp3) is 0.733. The van der Waals surface area contributed by atoms with Crippen LogP contribution in [0, 0.1) is 13.8 Å². The van der Waals surface area contributed by atoms with Gasteiger partial charge in [-0.05, 0) is 33.1 Å². The lowest BCUT2D eigenvalue weighted by Crippen LogP contribution is -2.27. The van der Waals surface area contributed by atoms with E-state index in [-0.39, 0.29) is 12.0 Å². The fourth-order valence-electron chi connectivity index (χ4n) is 2.72. The van der Waals surface area contributed by atoms with Gasteiger partial charge in [0.15, 0.2) is 0 Å². The molecule has 1 aliphatic heterocycles. The summed E-state index contributed by atoms with van der Waals surface area (Å²) in [5.41, 5.74) is 3.28. The van der Waals surface area contributed by atoms with Gasteiger partial charge in [0.2, 0.25) is 5.91 Å². The predicted octanol–water partition coefficient (Wildman–Crippen LogP) is 1.95. The van der Waals surface area contributed by atoms with E-state index in [1.54, 1.807) is 4.90 Å². The summed E-state index contributed by atoms with van der Waals surface area (Å²) in [4.78, 5) is 14.0. The van der Waals surface area contributed by atoms with Crippen molar-refractivity contribution in [3.05, 3.63) is 17.0 Å². The molecule has 0 aliphatic carbocycles. The van der Waals surface area contributed by atoms with E-state index >= 15 is 0 Å². The van der Waals surface area contributed by atoms with Gasteiger partial charge in [-0.1, -0.05) is 0 Å². The van der Waals surface area contributed by atoms with Gasteiger partial charge in [0.25, 0.3) is 0 Å². The molecule has 1 amide bonds.